The molecule has 0 aromatic rings. The van der Waals surface area contributed by atoms with Crippen LogP contribution in [0, 0.1) is 34.5 Å². The molecule has 0 aliphatic heterocycles. The van der Waals surface area contributed by atoms with E-state index in [4.69, 9.17) is 0 Å². The molecule has 4 rings (SSSR count). The molecule has 26 heavy (non-hydrogen) atoms. The molecule has 0 bridgehead atoms. The predicted molar refractivity (Wildman–Crippen MR) is 92.4 cm³/mol. The van der Waals surface area contributed by atoms with Crippen LogP contribution in [-0.2, 0) is 19.4 Å². The largest absolute Gasteiger partial charge is 0.716 e. The van der Waals surface area contributed by atoms with Gasteiger partial charge in [-0.2, -0.15) is 0 Å². The molecular formula is C19H27O6S-. The van der Waals surface area contributed by atoms with Crippen molar-refractivity contribution in [2.75, 3.05) is 0 Å². The monoisotopic (exact) mass is 383 g/mol. The molecule has 146 valence electrons. The summed E-state index contributed by atoms with van der Waals surface area (Å²) < 4.78 is 37.2. The number of rotatable bonds is 2. The van der Waals surface area contributed by atoms with E-state index in [0.29, 0.717) is 18.3 Å². The smallest absolute Gasteiger partial charge is 0.262 e. The highest BCUT2D eigenvalue weighted by Gasteiger charge is 2.61. The van der Waals surface area contributed by atoms with Gasteiger partial charge >= 0.3 is 0 Å². The zero-order chi connectivity index (χ0) is 18.9. The summed E-state index contributed by atoms with van der Waals surface area (Å²) in [5.74, 6) is 1.01. The fraction of sp³-hybridized carbons (Fsp3) is 0.842. The number of carbonyl (C=O) groups excluding carboxylic acids is 1. The second-order valence-electron chi connectivity index (χ2n) is 9.39. The number of carbonyl (C=O) groups is 1. The highest BCUT2D eigenvalue weighted by Crippen LogP contribution is 2.65. The lowest BCUT2D eigenvalue weighted by Gasteiger charge is -2.58. The maximum absolute atomic E-state index is 13.0. The summed E-state index contributed by atoms with van der Waals surface area (Å²) in [6.45, 7) is 4.30. The molecule has 0 aromatic carbocycles. The van der Waals surface area contributed by atoms with Gasteiger partial charge in [0.1, 0.15) is 5.76 Å². The number of allylic oxidation sites excluding steroid dienone is 2. The standard InChI is InChI=1S/C19H28O6S/c1-18-6-5-15-14(16(18)8-12(20)10-18)4-3-11-7-13(25-26(22,23)24)9-17(21)19(11,15)2/h9,11-12,14-16,20H,3-8,10H2,1-2H3,(H,22,23,24)/p-1/t11?,12-,14-,15+,16+,18-,19+/m1/s1. The van der Waals surface area contributed by atoms with Crippen LogP contribution in [0.25, 0.3) is 0 Å². The lowest BCUT2D eigenvalue weighted by molar-refractivity contribution is -0.146. The molecule has 1 unspecified atom stereocenters. The van der Waals surface area contributed by atoms with Crippen LogP contribution >= 0.6 is 0 Å². The van der Waals surface area contributed by atoms with Crippen LogP contribution in [0.2, 0.25) is 0 Å². The zero-order valence-corrected chi connectivity index (χ0v) is 16.1. The molecule has 0 amide bonds. The summed E-state index contributed by atoms with van der Waals surface area (Å²) in [6, 6.07) is 0. The number of ketones is 1. The highest BCUT2D eigenvalue weighted by atomic mass is 32.3. The van der Waals surface area contributed by atoms with Crippen LogP contribution in [0.5, 0.6) is 0 Å². The lowest BCUT2D eigenvalue weighted by Crippen LogP contribution is -2.55. The van der Waals surface area contributed by atoms with Crippen LogP contribution in [-0.4, -0.2) is 30.0 Å². The first-order valence-corrected chi connectivity index (χ1v) is 10.9. The fourth-order valence-corrected chi connectivity index (χ4v) is 7.32. The molecule has 3 saturated carbocycles. The summed E-state index contributed by atoms with van der Waals surface area (Å²) >= 11 is 0. The van der Waals surface area contributed by atoms with Crippen molar-refractivity contribution >= 4 is 16.2 Å². The maximum Gasteiger partial charge on any atom is 0.262 e. The Labute approximate surface area is 155 Å². The van der Waals surface area contributed by atoms with Crippen molar-refractivity contribution in [2.24, 2.45) is 34.5 Å². The third-order valence-corrected chi connectivity index (χ3v) is 8.55. The first-order valence-electron chi connectivity index (χ1n) is 9.61. The van der Waals surface area contributed by atoms with Crippen LogP contribution < -0.4 is 0 Å². The van der Waals surface area contributed by atoms with Crippen LogP contribution in [0.4, 0.5) is 0 Å². The van der Waals surface area contributed by atoms with Crippen molar-refractivity contribution in [2.45, 2.75) is 64.9 Å². The van der Waals surface area contributed by atoms with Crippen molar-refractivity contribution in [1.29, 1.82) is 0 Å². The number of aliphatic hydroxyl groups excluding tert-OH is 1. The lowest BCUT2D eigenvalue weighted by atomic mass is 9.45. The van der Waals surface area contributed by atoms with Crippen LogP contribution in [0.15, 0.2) is 11.8 Å². The van der Waals surface area contributed by atoms with Crippen molar-refractivity contribution < 1.29 is 27.1 Å². The molecule has 0 aromatic heterocycles. The summed E-state index contributed by atoms with van der Waals surface area (Å²) in [4.78, 5) is 13.0. The Morgan fingerprint density at radius 3 is 2.65 bits per heavy atom. The minimum atomic E-state index is -4.85. The van der Waals surface area contributed by atoms with Crippen molar-refractivity contribution in [3.05, 3.63) is 11.8 Å². The summed E-state index contributed by atoms with van der Waals surface area (Å²) in [6.07, 6.45) is 6.82. The molecule has 3 fully saturated rings. The van der Waals surface area contributed by atoms with E-state index in [1.807, 2.05) is 6.92 Å². The van der Waals surface area contributed by atoms with Crippen molar-refractivity contribution in [3.63, 3.8) is 0 Å². The van der Waals surface area contributed by atoms with Gasteiger partial charge in [0.05, 0.1) is 6.10 Å². The molecule has 7 atom stereocenters. The highest BCUT2D eigenvalue weighted by molar-refractivity contribution is 7.80. The molecular weight excluding hydrogens is 356 g/mol. The molecule has 0 saturated heterocycles. The minimum absolute atomic E-state index is 0.00804. The normalized spacial score (nSPS) is 48.2. The van der Waals surface area contributed by atoms with E-state index in [1.165, 1.54) is 6.08 Å². The van der Waals surface area contributed by atoms with E-state index in [2.05, 4.69) is 11.1 Å². The molecule has 4 aliphatic rings. The molecule has 4 aliphatic carbocycles. The Bertz CT molecular complexity index is 758. The van der Waals surface area contributed by atoms with Gasteiger partial charge in [-0.15, -0.1) is 0 Å². The van der Waals surface area contributed by atoms with E-state index in [9.17, 15) is 22.9 Å². The Kier molecular flexibility index (Phi) is 4.11. The summed E-state index contributed by atoms with van der Waals surface area (Å²) in [7, 11) is -4.85. The summed E-state index contributed by atoms with van der Waals surface area (Å²) in [5.41, 5.74) is -0.362. The van der Waals surface area contributed by atoms with Gasteiger partial charge < -0.3 is 13.8 Å². The number of aliphatic hydroxyl groups is 1. The molecule has 7 heteroatoms. The zero-order valence-electron chi connectivity index (χ0n) is 15.3. The van der Waals surface area contributed by atoms with Gasteiger partial charge in [0, 0.05) is 17.9 Å². The third-order valence-electron chi connectivity index (χ3n) is 8.13. The van der Waals surface area contributed by atoms with Crippen molar-refractivity contribution in [1.82, 2.24) is 0 Å². The Morgan fingerprint density at radius 1 is 1.23 bits per heavy atom. The SMILES string of the molecule is C[C@]12CC[C@H]3[C@@H](CCC4CC(OS(=O)(=O)[O-])=CC(=O)[C@@]43C)[C@@H]1C[C@@H](O)C2. The van der Waals surface area contributed by atoms with Crippen molar-refractivity contribution in [3.8, 4) is 0 Å². The Morgan fingerprint density at radius 2 is 1.96 bits per heavy atom. The summed E-state index contributed by atoms with van der Waals surface area (Å²) in [5, 5.41) is 10.2. The Balaban J connectivity index is 1.64. The van der Waals surface area contributed by atoms with Gasteiger partial charge in [-0.3, -0.25) is 4.79 Å². The topological polar surface area (TPSA) is 104 Å². The van der Waals surface area contributed by atoms with E-state index in [1.54, 1.807) is 0 Å². The van der Waals surface area contributed by atoms with Gasteiger partial charge in [0.15, 0.2) is 5.78 Å². The third kappa shape index (κ3) is 2.74. The molecule has 0 spiro atoms. The predicted octanol–water partition coefficient (Wildman–Crippen LogP) is 2.54. The maximum atomic E-state index is 13.0. The Hall–Kier alpha value is -0.920. The number of fused-ring (bicyclic) bond motifs is 5. The van der Waals surface area contributed by atoms with E-state index >= 15 is 0 Å². The fourth-order valence-electron chi connectivity index (χ4n) is 6.94. The van der Waals surface area contributed by atoms with Crippen LogP contribution in [0.3, 0.4) is 0 Å². The molecule has 0 heterocycles. The first kappa shape index (κ1) is 18.4. The van der Waals surface area contributed by atoms with E-state index in [0.717, 1.165) is 38.5 Å². The van der Waals surface area contributed by atoms with E-state index in [-0.39, 0.29) is 34.9 Å². The molecule has 1 N–H and O–H groups in total. The second kappa shape index (κ2) is 5.79. The minimum Gasteiger partial charge on any atom is -0.716 e. The van der Waals surface area contributed by atoms with Gasteiger partial charge in [-0.1, -0.05) is 13.8 Å². The second-order valence-corrected chi connectivity index (χ2v) is 10.4. The number of hydrogen-bond acceptors (Lipinski definition) is 6. The average Bonchev–Trinajstić information content (AvgIpc) is 2.81. The number of hydrogen-bond donors (Lipinski definition) is 1. The van der Waals surface area contributed by atoms with E-state index < -0.39 is 15.8 Å². The molecule has 6 nitrogen and oxygen atoms in total. The van der Waals surface area contributed by atoms with Gasteiger partial charge in [-0.25, -0.2) is 8.42 Å². The quantitative estimate of drug-likeness (QED) is 0.580. The van der Waals surface area contributed by atoms with Gasteiger partial charge in [0.2, 0.25) is 0 Å². The first-order chi connectivity index (χ1) is 12.0. The average molecular weight is 383 g/mol. The van der Waals surface area contributed by atoms with Gasteiger partial charge in [-0.05, 0) is 67.6 Å². The van der Waals surface area contributed by atoms with Crippen LogP contribution in [0.1, 0.15) is 58.8 Å². The van der Waals surface area contributed by atoms with Gasteiger partial charge in [0.25, 0.3) is 10.4 Å². The molecule has 0 radical (unpaired) electrons.